The number of aromatic amines is 1. The second-order valence-corrected chi connectivity index (χ2v) is 5.49. The van der Waals surface area contributed by atoms with E-state index in [1.54, 1.807) is 7.05 Å². The first-order valence-electron chi connectivity index (χ1n) is 8.33. The van der Waals surface area contributed by atoms with Crippen molar-refractivity contribution in [1.29, 1.82) is 0 Å². The number of benzene rings is 1. The summed E-state index contributed by atoms with van der Waals surface area (Å²) in [7, 11) is 3.79. The average molecular weight is 457 g/mol. The molecule has 0 aliphatic rings. The molecule has 1 aromatic heterocycles. The molecule has 138 valence electrons. The first kappa shape index (κ1) is 21.4. The molecule has 0 aliphatic heterocycles. The van der Waals surface area contributed by atoms with Crippen molar-refractivity contribution in [3.63, 3.8) is 0 Å². The third-order valence-corrected chi connectivity index (χ3v) is 3.63. The van der Waals surface area contributed by atoms with Crippen molar-refractivity contribution in [2.75, 3.05) is 33.9 Å². The van der Waals surface area contributed by atoms with Crippen molar-refractivity contribution >= 4 is 29.9 Å². The number of rotatable bonds is 8. The molecule has 0 radical (unpaired) electrons. The standard InChI is InChI=1S/C18H27N5O.HI/c1-4-24-12-8-11-20-18(19-2)23(3)14-17-21-13-16(22-17)15-9-6-5-7-10-15;/h5-7,9-10,13H,4,8,11-12,14H2,1-3H3,(H,19,20)(H,21,22);1H. The van der Waals surface area contributed by atoms with Gasteiger partial charge in [-0.3, -0.25) is 4.99 Å². The van der Waals surface area contributed by atoms with Crippen LogP contribution in [-0.4, -0.2) is 54.7 Å². The lowest BCUT2D eigenvalue weighted by molar-refractivity contribution is 0.145. The van der Waals surface area contributed by atoms with Crippen LogP contribution in [0.3, 0.4) is 0 Å². The number of nitrogens with zero attached hydrogens (tertiary/aromatic N) is 3. The van der Waals surface area contributed by atoms with E-state index >= 15 is 0 Å². The maximum Gasteiger partial charge on any atom is 0.193 e. The first-order chi connectivity index (χ1) is 11.7. The summed E-state index contributed by atoms with van der Waals surface area (Å²) in [5, 5.41) is 3.34. The lowest BCUT2D eigenvalue weighted by Crippen LogP contribution is -2.39. The minimum absolute atomic E-state index is 0. The van der Waals surface area contributed by atoms with Crippen molar-refractivity contribution in [3.8, 4) is 11.3 Å². The number of nitrogens with one attached hydrogen (secondary N) is 2. The highest BCUT2D eigenvalue weighted by atomic mass is 127. The smallest absolute Gasteiger partial charge is 0.193 e. The Balaban J connectivity index is 0.00000312. The zero-order valence-corrected chi connectivity index (χ0v) is 17.5. The highest BCUT2D eigenvalue weighted by Gasteiger charge is 2.09. The monoisotopic (exact) mass is 457 g/mol. The molecule has 6 nitrogen and oxygen atoms in total. The van der Waals surface area contributed by atoms with Gasteiger partial charge >= 0.3 is 0 Å². The van der Waals surface area contributed by atoms with Crippen LogP contribution in [0.25, 0.3) is 11.3 Å². The fraction of sp³-hybridized carbons (Fsp3) is 0.444. The second-order valence-electron chi connectivity index (χ2n) is 5.49. The molecule has 2 rings (SSSR count). The maximum atomic E-state index is 5.34. The Morgan fingerprint density at radius 2 is 2.08 bits per heavy atom. The number of hydrogen-bond donors (Lipinski definition) is 2. The van der Waals surface area contributed by atoms with Gasteiger partial charge in [0, 0.05) is 33.9 Å². The predicted molar refractivity (Wildman–Crippen MR) is 113 cm³/mol. The molecule has 0 amide bonds. The molecular weight excluding hydrogens is 429 g/mol. The van der Waals surface area contributed by atoms with E-state index in [0.29, 0.717) is 6.54 Å². The molecule has 2 aromatic rings. The van der Waals surface area contributed by atoms with E-state index in [9.17, 15) is 0 Å². The van der Waals surface area contributed by atoms with E-state index < -0.39 is 0 Å². The number of aliphatic imine (C=N–C) groups is 1. The number of H-pyrrole nitrogens is 1. The predicted octanol–water partition coefficient (Wildman–Crippen LogP) is 3.13. The molecule has 1 aromatic carbocycles. The van der Waals surface area contributed by atoms with E-state index in [1.807, 2.05) is 43.3 Å². The van der Waals surface area contributed by atoms with Gasteiger partial charge in [-0.25, -0.2) is 4.98 Å². The van der Waals surface area contributed by atoms with Gasteiger partial charge in [0.1, 0.15) is 5.82 Å². The Morgan fingerprint density at radius 1 is 1.32 bits per heavy atom. The zero-order chi connectivity index (χ0) is 17.2. The third kappa shape index (κ3) is 7.03. The molecule has 0 bridgehead atoms. The molecule has 1 heterocycles. The Morgan fingerprint density at radius 3 is 2.76 bits per heavy atom. The molecule has 0 atom stereocenters. The van der Waals surface area contributed by atoms with Crippen LogP contribution in [0.1, 0.15) is 19.2 Å². The third-order valence-electron chi connectivity index (χ3n) is 3.63. The number of aromatic nitrogens is 2. The SMILES string of the molecule is CCOCCCNC(=NC)N(C)Cc1ncc(-c2ccccc2)[nH]1.I. The Labute approximate surface area is 167 Å². The molecule has 2 N–H and O–H groups in total. The van der Waals surface area contributed by atoms with Gasteiger partial charge in [0.2, 0.25) is 0 Å². The Kier molecular flexibility index (Phi) is 10.2. The van der Waals surface area contributed by atoms with Crippen LogP contribution in [0.2, 0.25) is 0 Å². The molecule has 0 saturated heterocycles. The topological polar surface area (TPSA) is 65.5 Å². The highest BCUT2D eigenvalue weighted by molar-refractivity contribution is 14.0. The number of ether oxygens (including phenoxy) is 1. The van der Waals surface area contributed by atoms with Gasteiger partial charge in [-0.15, -0.1) is 24.0 Å². The van der Waals surface area contributed by atoms with Crippen LogP contribution in [0.4, 0.5) is 0 Å². The molecule has 0 aliphatic carbocycles. The van der Waals surface area contributed by atoms with Gasteiger partial charge in [0.25, 0.3) is 0 Å². The molecule has 0 saturated carbocycles. The number of imidazole rings is 1. The molecule has 0 spiro atoms. The first-order valence-corrected chi connectivity index (χ1v) is 8.33. The van der Waals surface area contributed by atoms with E-state index in [-0.39, 0.29) is 24.0 Å². The normalized spacial score (nSPS) is 11.1. The zero-order valence-electron chi connectivity index (χ0n) is 15.2. The average Bonchev–Trinajstić information content (AvgIpc) is 3.07. The summed E-state index contributed by atoms with van der Waals surface area (Å²) in [5.41, 5.74) is 2.16. The van der Waals surface area contributed by atoms with Crippen molar-refractivity contribution in [2.45, 2.75) is 19.9 Å². The summed E-state index contributed by atoms with van der Waals surface area (Å²) in [5.74, 6) is 1.76. The van der Waals surface area contributed by atoms with Crippen LogP contribution < -0.4 is 5.32 Å². The Bertz CT molecular complexity index is 629. The molecule has 25 heavy (non-hydrogen) atoms. The van der Waals surface area contributed by atoms with Gasteiger partial charge in [0.05, 0.1) is 18.4 Å². The van der Waals surface area contributed by atoms with Crippen molar-refractivity contribution < 1.29 is 4.74 Å². The highest BCUT2D eigenvalue weighted by Crippen LogP contribution is 2.16. The summed E-state index contributed by atoms with van der Waals surface area (Å²) in [4.78, 5) is 14.2. The summed E-state index contributed by atoms with van der Waals surface area (Å²) in [6.45, 7) is 5.04. The lowest BCUT2D eigenvalue weighted by atomic mass is 10.2. The summed E-state index contributed by atoms with van der Waals surface area (Å²) in [6, 6.07) is 10.2. The van der Waals surface area contributed by atoms with Crippen LogP contribution in [0.5, 0.6) is 0 Å². The molecular formula is C18H28IN5O. The van der Waals surface area contributed by atoms with Crippen LogP contribution in [0.15, 0.2) is 41.5 Å². The van der Waals surface area contributed by atoms with Gasteiger partial charge < -0.3 is 19.9 Å². The number of halogens is 1. The van der Waals surface area contributed by atoms with Gasteiger partial charge in [0.15, 0.2) is 5.96 Å². The fourth-order valence-electron chi connectivity index (χ4n) is 2.41. The molecule has 7 heteroatoms. The van der Waals surface area contributed by atoms with E-state index in [4.69, 9.17) is 4.74 Å². The summed E-state index contributed by atoms with van der Waals surface area (Å²) >= 11 is 0. The van der Waals surface area contributed by atoms with Crippen LogP contribution >= 0.6 is 24.0 Å². The minimum atomic E-state index is 0. The Hall–Kier alpha value is -1.61. The minimum Gasteiger partial charge on any atom is -0.382 e. The maximum absolute atomic E-state index is 5.34. The summed E-state index contributed by atoms with van der Waals surface area (Å²) in [6.07, 6.45) is 2.83. The lowest BCUT2D eigenvalue weighted by Gasteiger charge is -2.21. The van der Waals surface area contributed by atoms with E-state index in [0.717, 1.165) is 49.2 Å². The van der Waals surface area contributed by atoms with Gasteiger partial charge in [-0.2, -0.15) is 0 Å². The van der Waals surface area contributed by atoms with E-state index in [2.05, 4.69) is 32.4 Å². The van der Waals surface area contributed by atoms with Crippen LogP contribution in [-0.2, 0) is 11.3 Å². The largest absolute Gasteiger partial charge is 0.382 e. The molecule has 0 fully saturated rings. The van der Waals surface area contributed by atoms with Crippen LogP contribution in [0, 0.1) is 0 Å². The van der Waals surface area contributed by atoms with Crippen molar-refractivity contribution in [1.82, 2.24) is 20.2 Å². The number of hydrogen-bond acceptors (Lipinski definition) is 3. The van der Waals surface area contributed by atoms with Crippen molar-refractivity contribution in [3.05, 3.63) is 42.4 Å². The number of guanidine groups is 1. The van der Waals surface area contributed by atoms with Crippen molar-refractivity contribution in [2.24, 2.45) is 4.99 Å². The van der Waals surface area contributed by atoms with Gasteiger partial charge in [-0.1, -0.05) is 30.3 Å². The van der Waals surface area contributed by atoms with Gasteiger partial charge in [-0.05, 0) is 18.9 Å². The quantitative estimate of drug-likeness (QED) is 0.277. The molecule has 0 unspecified atom stereocenters. The second kappa shape index (κ2) is 11.9. The fourth-order valence-corrected chi connectivity index (χ4v) is 2.41. The van der Waals surface area contributed by atoms with E-state index in [1.165, 1.54) is 0 Å². The summed E-state index contributed by atoms with van der Waals surface area (Å²) < 4.78 is 5.34.